The van der Waals surface area contributed by atoms with Gasteiger partial charge in [-0.3, -0.25) is 14.3 Å². The Labute approximate surface area is 215 Å². The Kier molecular flexibility index (Phi) is 7.12. The van der Waals surface area contributed by atoms with E-state index in [1.165, 1.54) is 23.8 Å². The summed E-state index contributed by atoms with van der Waals surface area (Å²) >= 11 is 0. The fraction of sp³-hybridized carbons (Fsp3) is 0.444. The lowest BCUT2D eigenvalue weighted by Gasteiger charge is -2.26. The number of methoxy groups -OCH3 is 1. The molecule has 5 rings (SSSR count). The van der Waals surface area contributed by atoms with Crippen molar-refractivity contribution in [2.24, 2.45) is 0 Å². The predicted octanol–water partition coefficient (Wildman–Crippen LogP) is 3.64. The number of rotatable bonds is 8. The summed E-state index contributed by atoms with van der Waals surface area (Å²) in [5.74, 6) is -0.300. The Morgan fingerprint density at radius 1 is 1.22 bits per heavy atom. The largest absolute Gasteiger partial charge is 0.507 e. The molecule has 0 spiro atoms. The Morgan fingerprint density at radius 2 is 1.97 bits per heavy atom. The summed E-state index contributed by atoms with van der Waals surface area (Å²) in [6.07, 6.45) is 1.79. The third-order valence-electron chi connectivity index (χ3n) is 6.75. The van der Waals surface area contributed by atoms with Gasteiger partial charge in [-0.1, -0.05) is 19.9 Å². The Hall–Kier alpha value is -3.50. The van der Waals surface area contributed by atoms with Crippen LogP contribution in [0.15, 0.2) is 30.3 Å². The van der Waals surface area contributed by atoms with Crippen molar-refractivity contribution in [1.82, 2.24) is 25.0 Å². The molecule has 1 aliphatic carbocycles. The molecule has 1 saturated carbocycles. The summed E-state index contributed by atoms with van der Waals surface area (Å²) in [5.41, 5.74) is 2.12. The third kappa shape index (κ3) is 5.30. The molecule has 1 aliphatic heterocycles. The van der Waals surface area contributed by atoms with Crippen molar-refractivity contribution in [1.29, 1.82) is 0 Å². The molecule has 0 atom stereocenters. The van der Waals surface area contributed by atoms with E-state index in [2.05, 4.69) is 20.4 Å². The number of carbonyl (C=O) groups is 1. The van der Waals surface area contributed by atoms with Gasteiger partial charge < -0.3 is 19.9 Å². The van der Waals surface area contributed by atoms with E-state index < -0.39 is 11.7 Å². The Bertz CT molecular complexity index is 1300. The minimum atomic E-state index is -0.510. The molecule has 1 amide bonds. The summed E-state index contributed by atoms with van der Waals surface area (Å²) in [6, 6.07) is 8.31. The lowest BCUT2D eigenvalue weighted by atomic mass is 9.98. The molecule has 10 heteroatoms. The van der Waals surface area contributed by atoms with Crippen LogP contribution in [0.4, 0.5) is 4.39 Å². The zero-order chi connectivity index (χ0) is 26.1. The molecule has 0 bridgehead atoms. The number of aromatic nitrogens is 3. The molecule has 9 nitrogen and oxygen atoms in total. The molecule has 0 unspecified atom stereocenters. The van der Waals surface area contributed by atoms with E-state index in [1.54, 1.807) is 12.1 Å². The van der Waals surface area contributed by atoms with Gasteiger partial charge in [0.05, 0.1) is 31.6 Å². The predicted molar refractivity (Wildman–Crippen MR) is 136 cm³/mol. The highest BCUT2D eigenvalue weighted by Crippen LogP contribution is 2.39. The highest BCUT2D eigenvalue weighted by Gasteiger charge is 2.30. The van der Waals surface area contributed by atoms with Gasteiger partial charge in [-0.15, -0.1) is 10.2 Å². The maximum atomic E-state index is 15.7. The number of phenolic OH excluding ortho intramolecular Hbond substituents is 1. The number of nitrogens with zero attached hydrogens (tertiary/aromatic N) is 4. The van der Waals surface area contributed by atoms with Gasteiger partial charge in [-0.25, -0.2) is 4.39 Å². The van der Waals surface area contributed by atoms with Crippen LogP contribution in [-0.4, -0.2) is 70.1 Å². The fourth-order valence-electron chi connectivity index (χ4n) is 4.55. The second-order valence-corrected chi connectivity index (χ2v) is 9.87. The van der Waals surface area contributed by atoms with Crippen LogP contribution in [-0.2, 0) is 11.3 Å². The summed E-state index contributed by atoms with van der Waals surface area (Å²) in [4.78, 5) is 15.3. The molecule has 2 aliphatic rings. The summed E-state index contributed by atoms with van der Waals surface area (Å²) in [5, 5.41) is 22.2. The van der Waals surface area contributed by atoms with Gasteiger partial charge in [-0.2, -0.15) is 0 Å². The number of carbonyl (C=O) groups excluding carboxylic acids is 1. The SMILES string of the molecule is COc1cc(O)c(-c2nnc(C(=O)NC3CC3)n2-c2ccc(CN3CCOCC3)cc2F)cc1C(C)C. The number of benzene rings is 2. The van der Waals surface area contributed by atoms with Crippen molar-refractivity contribution < 1.29 is 23.8 Å². The first kappa shape index (κ1) is 25.2. The van der Waals surface area contributed by atoms with Crippen LogP contribution >= 0.6 is 0 Å². The quantitative estimate of drug-likeness (QED) is 0.478. The zero-order valence-electron chi connectivity index (χ0n) is 21.3. The standard InChI is InChI=1S/C27H32FN5O4/c1-16(2)19-13-20(23(34)14-24(19)36-3)25-30-31-26(27(35)29-18-5-6-18)33(25)22-7-4-17(12-21(22)28)15-32-8-10-37-11-9-32/h4,7,12-14,16,18,34H,5-6,8-11,15H2,1-3H3,(H,29,35). The van der Waals surface area contributed by atoms with Crippen LogP contribution in [0.25, 0.3) is 17.1 Å². The van der Waals surface area contributed by atoms with E-state index in [0.717, 1.165) is 37.1 Å². The third-order valence-corrected chi connectivity index (χ3v) is 6.75. The molecule has 196 valence electrons. The van der Waals surface area contributed by atoms with E-state index in [4.69, 9.17) is 9.47 Å². The van der Waals surface area contributed by atoms with Crippen LogP contribution in [0.2, 0.25) is 0 Å². The molecule has 1 aromatic heterocycles. The van der Waals surface area contributed by atoms with Crippen molar-refractivity contribution in [2.75, 3.05) is 33.4 Å². The highest BCUT2D eigenvalue weighted by atomic mass is 19.1. The molecule has 2 N–H and O–H groups in total. The van der Waals surface area contributed by atoms with Crippen molar-refractivity contribution in [2.45, 2.75) is 45.2 Å². The number of amides is 1. The van der Waals surface area contributed by atoms with Crippen LogP contribution in [0.3, 0.4) is 0 Å². The number of halogens is 1. The molecule has 2 heterocycles. The van der Waals surface area contributed by atoms with E-state index in [-0.39, 0.29) is 35.0 Å². The Balaban J connectivity index is 1.59. The van der Waals surface area contributed by atoms with E-state index in [1.807, 2.05) is 19.9 Å². The number of hydrogen-bond donors (Lipinski definition) is 2. The topological polar surface area (TPSA) is 102 Å². The van der Waals surface area contributed by atoms with Gasteiger partial charge in [0.15, 0.2) is 5.82 Å². The first-order chi connectivity index (χ1) is 17.9. The maximum absolute atomic E-state index is 15.7. The molecule has 0 radical (unpaired) electrons. The summed E-state index contributed by atoms with van der Waals surface area (Å²) < 4.78 is 27.9. The molecular formula is C27H32FN5O4. The van der Waals surface area contributed by atoms with Crippen molar-refractivity contribution in [3.05, 3.63) is 53.1 Å². The van der Waals surface area contributed by atoms with E-state index in [9.17, 15) is 9.90 Å². The first-order valence-electron chi connectivity index (χ1n) is 12.6. The van der Waals surface area contributed by atoms with Gasteiger partial charge in [0.25, 0.3) is 5.91 Å². The normalized spacial score (nSPS) is 16.2. The lowest BCUT2D eigenvalue weighted by Crippen LogP contribution is -2.35. The van der Waals surface area contributed by atoms with Gasteiger partial charge in [0.2, 0.25) is 5.82 Å². The second kappa shape index (κ2) is 10.5. The number of phenols is 1. The Morgan fingerprint density at radius 3 is 2.62 bits per heavy atom. The summed E-state index contributed by atoms with van der Waals surface area (Å²) in [7, 11) is 1.54. The molecular weight excluding hydrogens is 477 g/mol. The van der Waals surface area contributed by atoms with Crippen molar-refractivity contribution in [3.63, 3.8) is 0 Å². The van der Waals surface area contributed by atoms with Crippen LogP contribution < -0.4 is 10.1 Å². The maximum Gasteiger partial charge on any atom is 0.289 e. The van der Waals surface area contributed by atoms with Crippen LogP contribution in [0, 0.1) is 5.82 Å². The van der Waals surface area contributed by atoms with Crippen LogP contribution in [0.5, 0.6) is 11.5 Å². The molecule has 2 aromatic carbocycles. The average Bonchev–Trinajstić information content (AvgIpc) is 3.59. The molecule has 37 heavy (non-hydrogen) atoms. The minimum Gasteiger partial charge on any atom is -0.507 e. The van der Waals surface area contributed by atoms with Crippen LogP contribution in [0.1, 0.15) is 54.4 Å². The number of ether oxygens (including phenoxy) is 2. The zero-order valence-corrected chi connectivity index (χ0v) is 21.3. The van der Waals surface area contributed by atoms with Crippen molar-refractivity contribution in [3.8, 4) is 28.6 Å². The number of aromatic hydroxyl groups is 1. The highest BCUT2D eigenvalue weighted by molar-refractivity contribution is 5.92. The second-order valence-electron chi connectivity index (χ2n) is 9.87. The fourth-order valence-corrected chi connectivity index (χ4v) is 4.55. The molecule has 2 fully saturated rings. The lowest BCUT2D eigenvalue weighted by molar-refractivity contribution is 0.0341. The van der Waals surface area contributed by atoms with E-state index >= 15 is 4.39 Å². The van der Waals surface area contributed by atoms with Crippen molar-refractivity contribution >= 4 is 5.91 Å². The summed E-state index contributed by atoms with van der Waals surface area (Å²) in [6.45, 7) is 7.51. The smallest absolute Gasteiger partial charge is 0.289 e. The monoisotopic (exact) mass is 509 g/mol. The minimum absolute atomic E-state index is 0.0388. The van der Waals surface area contributed by atoms with Gasteiger partial charge in [-0.05, 0) is 48.1 Å². The molecule has 1 saturated heterocycles. The number of morpholine rings is 1. The number of nitrogens with one attached hydrogen (secondary N) is 1. The average molecular weight is 510 g/mol. The van der Waals surface area contributed by atoms with Gasteiger partial charge in [0, 0.05) is 31.7 Å². The number of hydrogen-bond acceptors (Lipinski definition) is 7. The molecule has 3 aromatic rings. The first-order valence-corrected chi connectivity index (χ1v) is 12.6. The van der Waals surface area contributed by atoms with Gasteiger partial charge in [0.1, 0.15) is 17.3 Å². The van der Waals surface area contributed by atoms with Gasteiger partial charge >= 0.3 is 0 Å². The van der Waals surface area contributed by atoms with E-state index in [0.29, 0.717) is 31.1 Å².